The highest BCUT2D eigenvalue weighted by Crippen LogP contribution is 2.30. The zero-order valence-electron chi connectivity index (χ0n) is 18.0. The van der Waals surface area contributed by atoms with Gasteiger partial charge < -0.3 is 14.8 Å². The molecule has 1 fully saturated rings. The third-order valence-corrected chi connectivity index (χ3v) is 6.58. The minimum atomic E-state index is -3.70. The van der Waals surface area contributed by atoms with E-state index in [0.29, 0.717) is 37.7 Å². The number of nitrogens with zero attached hydrogens (tertiary/aromatic N) is 1. The lowest BCUT2D eigenvalue weighted by Gasteiger charge is -2.26. The molecule has 0 aromatic heterocycles. The molecule has 1 N–H and O–H groups in total. The number of morpholine rings is 1. The Morgan fingerprint density at radius 1 is 1.13 bits per heavy atom. The van der Waals surface area contributed by atoms with Crippen LogP contribution in [0.2, 0.25) is 0 Å². The van der Waals surface area contributed by atoms with Gasteiger partial charge in [0.25, 0.3) is 0 Å². The third-order valence-electron chi connectivity index (χ3n) is 4.68. The molecular weight excluding hydrogens is 416 g/mol. The Hall–Kier alpha value is -2.68. The molecule has 166 valence electrons. The summed E-state index contributed by atoms with van der Waals surface area (Å²) in [5, 5.41) is 2.75. The fourth-order valence-electron chi connectivity index (χ4n) is 3.08. The van der Waals surface area contributed by atoms with E-state index in [1.807, 2.05) is 45.0 Å². The normalized spacial score (nSPS) is 15.4. The van der Waals surface area contributed by atoms with E-state index < -0.39 is 10.0 Å². The molecule has 1 aliphatic rings. The number of nitrogens with one attached hydrogen (secondary N) is 1. The van der Waals surface area contributed by atoms with Gasteiger partial charge in [-0.05, 0) is 50.6 Å². The largest absolute Gasteiger partial charge is 0.489 e. The maximum Gasteiger partial charge on any atom is 0.248 e. The standard InChI is InChI=1S/C23H28N2O5S/c1-17(2)30-22-10-9-20(31(27,28)25-12-14-29-15-13-25)16-21(22)24-23(26)11-8-19-6-4-18(3)5-7-19/h4-11,16-17H,12-15H2,1-3H3,(H,24,26). The van der Waals surface area contributed by atoms with Crippen LogP contribution in [0.4, 0.5) is 5.69 Å². The maximum absolute atomic E-state index is 13.0. The highest BCUT2D eigenvalue weighted by Gasteiger charge is 2.27. The van der Waals surface area contributed by atoms with E-state index in [0.717, 1.165) is 11.1 Å². The number of amides is 1. The summed E-state index contributed by atoms with van der Waals surface area (Å²) < 4.78 is 38.4. The molecule has 0 spiro atoms. The van der Waals surface area contributed by atoms with Crippen LogP contribution in [0, 0.1) is 6.92 Å². The molecule has 1 aliphatic heterocycles. The number of carbonyl (C=O) groups excluding carboxylic acids is 1. The van der Waals surface area contributed by atoms with Gasteiger partial charge in [-0.25, -0.2) is 8.42 Å². The number of sulfonamides is 1. The molecule has 0 radical (unpaired) electrons. The minimum absolute atomic E-state index is 0.100. The highest BCUT2D eigenvalue weighted by molar-refractivity contribution is 7.89. The Labute approximate surface area is 183 Å². The van der Waals surface area contributed by atoms with Gasteiger partial charge in [-0.2, -0.15) is 4.31 Å². The van der Waals surface area contributed by atoms with Crippen molar-refractivity contribution >= 4 is 27.7 Å². The smallest absolute Gasteiger partial charge is 0.248 e. The van der Waals surface area contributed by atoms with Gasteiger partial charge in [0.2, 0.25) is 15.9 Å². The van der Waals surface area contributed by atoms with Gasteiger partial charge in [-0.1, -0.05) is 29.8 Å². The fraction of sp³-hybridized carbons (Fsp3) is 0.348. The Morgan fingerprint density at radius 3 is 2.45 bits per heavy atom. The molecule has 7 nitrogen and oxygen atoms in total. The first-order valence-electron chi connectivity index (χ1n) is 10.2. The van der Waals surface area contributed by atoms with Crippen molar-refractivity contribution in [1.82, 2.24) is 4.31 Å². The van der Waals surface area contributed by atoms with Crippen molar-refractivity contribution in [3.05, 3.63) is 59.7 Å². The molecule has 0 atom stereocenters. The van der Waals surface area contributed by atoms with Gasteiger partial charge >= 0.3 is 0 Å². The Morgan fingerprint density at radius 2 is 1.81 bits per heavy atom. The molecule has 3 rings (SSSR count). The Balaban J connectivity index is 1.84. The number of aryl methyl sites for hydroxylation is 1. The second-order valence-electron chi connectivity index (χ2n) is 7.57. The lowest BCUT2D eigenvalue weighted by molar-refractivity contribution is -0.111. The molecule has 1 saturated heterocycles. The van der Waals surface area contributed by atoms with Crippen LogP contribution >= 0.6 is 0 Å². The van der Waals surface area contributed by atoms with Crippen molar-refractivity contribution < 1.29 is 22.7 Å². The summed E-state index contributed by atoms with van der Waals surface area (Å²) in [5.74, 6) is 0.0307. The number of anilines is 1. The van der Waals surface area contributed by atoms with Crippen LogP contribution in [0.15, 0.2) is 53.4 Å². The van der Waals surface area contributed by atoms with Crippen LogP contribution in [0.3, 0.4) is 0 Å². The van der Waals surface area contributed by atoms with Crippen molar-refractivity contribution in [2.45, 2.75) is 31.8 Å². The topological polar surface area (TPSA) is 84.9 Å². The zero-order valence-corrected chi connectivity index (χ0v) is 18.8. The monoisotopic (exact) mass is 444 g/mol. The first-order chi connectivity index (χ1) is 14.8. The van der Waals surface area contributed by atoms with Gasteiger partial charge in [0.15, 0.2) is 0 Å². The lowest BCUT2D eigenvalue weighted by atomic mass is 10.1. The van der Waals surface area contributed by atoms with E-state index in [-0.39, 0.29) is 16.9 Å². The van der Waals surface area contributed by atoms with Crippen LogP contribution in [-0.2, 0) is 19.6 Å². The Kier molecular flexibility index (Phi) is 7.48. The van der Waals surface area contributed by atoms with E-state index >= 15 is 0 Å². The van der Waals surface area contributed by atoms with Crippen LogP contribution in [-0.4, -0.2) is 51.0 Å². The molecule has 0 unspecified atom stereocenters. The summed E-state index contributed by atoms with van der Waals surface area (Å²) in [7, 11) is -3.70. The van der Waals surface area contributed by atoms with Crippen molar-refractivity contribution in [2.75, 3.05) is 31.6 Å². The molecule has 31 heavy (non-hydrogen) atoms. The molecule has 0 saturated carbocycles. The molecule has 2 aromatic carbocycles. The average molecular weight is 445 g/mol. The minimum Gasteiger partial charge on any atom is -0.489 e. The summed E-state index contributed by atoms with van der Waals surface area (Å²) in [5.41, 5.74) is 2.33. The van der Waals surface area contributed by atoms with E-state index in [1.165, 1.54) is 22.5 Å². The van der Waals surface area contributed by atoms with Crippen LogP contribution in [0.5, 0.6) is 5.75 Å². The molecule has 0 aliphatic carbocycles. The number of hydrogen-bond donors (Lipinski definition) is 1. The van der Waals surface area contributed by atoms with E-state index in [2.05, 4.69) is 5.32 Å². The first-order valence-corrected chi connectivity index (χ1v) is 11.6. The van der Waals surface area contributed by atoms with Gasteiger partial charge in [-0.15, -0.1) is 0 Å². The van der Waals surface area contributed by atoms with Gasteiger partial charge in [0.05, 0.1) is 29.9 Å². The van der Waals surface area contributed by atoms with E-state index in [1.54, 1.807) is 12.1 Å². The predicted molar refractivity (Wildman–Crippen MR) is 121 cm³/mol. The molecule has 0 bridgehead atoms. The van der Waals surface area contributed by atoms with Gasteiger partial charge in [-0.3, -0.25) is 4.79 Å². The molecule has 1 amide bonds. The summed E-state index contributed by atoms with van der Waals surface area (Å²) in [6.45, 7) is 7.04. The predicted octanol–water partition coefficient (Wildman–Crippen LogP) is 3.46. The number of benzene rings is 2. The summed E-state index contributed by atoms with van der Waals surface area (Å²) in [4.78, 5) is 12.6. The zero-order chi connectivity index (χ0) is 22.4. The van der Waals surface area contributed by atoms with Crippen molar-refractivity contribution in [1.29, 1.82) is 0 Å². The van der Waals surface area contributed by atoms with Gasteiger partial charge in [0, 0.05) is 19.2 Å². The van der Waals surface area contributed by atoms with Crippen LogP contribution in [0.1, 0.15) is 25.0 Å². The third kappa shape index (κ3) is 6.16. The Bertz CT molecular complexity index is 1040. The maximum atomic E-state index is 13.0. The number of hydrogen-bond acceptors (Lipinski definition) is 5. The SMILES string of the molecule is Cc1ccc(C=CC(=O)Nc2cc(S(=O)(=O)N3CCOCC3)ccc2OC(C)C)cc1. The van der Waals surface area contributed by atoms with Crippen molar-refractivity contribution in [2.24, 2.45) is 0 Å². The molecule has 2 aromatic rings. The second-order valence-corrected chi connectivity index (χ2v) is 9.51. The quantitative estimate of drug-likeness (QED) is 0.661. The fourth-order valence-corrected chi connectivity index (χ4v) is 4.52. The van der Waals surface area contributed by atoms with Crippen molar-refractivity contribution in [3.63, 3.8) is 0 Å². The molecule has 1 heterocycles. The average Bonchev–Trinajstić information content (AvgIpc) is 2.75. The van der Waals surface area contributed by atoms with Crippen molar-refractivity contribution in [3.8, 4) is 5.75 Å². The number of carbonyl (C=O) groups is 1. The molecular formula is C23H28N2O5S. The number of rotatable bonds is 7. The van der Waals surface area contributed by atoms with Crippen LogP contribution in [0.25, 0.3) is 6.08 Å². The second kappa shape index (κ2) is 10.1. The lowest BCUT2D eigenvalue weighted by Crippen LogP contribution is -2.40. The van der Waals surface area contributed by atoms with Gasteiger partial charge in [0.1, 0.15) is 5.75 Å². The number of ether oxygens (including phenoxy) is 2. The molecule has 8 heteroatoms. The summed E-state index contributed by atoms with van der Waals surface area (Å²) in [6.07, 6.45) is 2.97. The van der Waals surface area contributed by atoms with E-state index in [9.17, 15) is 13.2 Å². The summed E-state index contributed by atoms with van der Waals surface area (Å²) >= 11 is 0. The first kappa shape index (κ1) is 23.0. The van der Waals surface area contributed by atoms with Crippen LogP contribution < -0.4 is 10.1 Å². The van der Waals surface area contributed by atoms with E-state index in [4.69, 9.17) is 9.47 Å². The highest BCUT2D eigenvalue weighted by atomic mass is 32.2. The summed E-state index contributed by atoms with van der Waals surface area (Å²) in [6, 6.07) is 12.3.